The van der Waals surface area contributed by atoms with Crippen molar-refractivity contribution in [1.29, 1.82) is 0 Å². The number of aliphatic hydroxyl groups excluding tert-OH is 1. The van der Waals surface area contributed by atoms with Crippen LogP contribution in [0, 0.1) is 5.41 Å². The monoisotopic (exact) mass is 346 g/mol. The third-order valence-electron chi connectivity index (χ3n) is 5.75. The summed E-state index contributed by atoms with van der Waals surface area (Å²) in [6.07, 6.45) is 8.22. The summed E-state index contributed by atoms with van der Waals surface area (Å²) in [5, 5.41) is 15.5. The van der Waals surface area contributed by atoms with Crippen LogP contribution in [-0.2, 0) is 11.3 Å². The minimum Gasteiger partial charge on any atom is -0.396 e. The highest BCUT2D eigenvalue weighted by Crippen LogP contribution is 2.37. The maximum absolute atomic E-state index is 12.2. The van der Waals surface area contributed by atoms with Gasteiger partial charge in [-0.05, 0) is 43.4 Å². The zero-order valence-corrected chi connectivity index (χ0v) is 15.1. The van der Waals surface area contributed by atoms with Crippen molar-refractivity contribution < 1.29 is 14.6 Å². The van der Waals surface area contributed by atoms with E-state index in [-0.39, 0.29) is 24.1 Å². The second-order valence-corrected chi connectivity index (χ2v) is 7.77. The van der Waals surface area contributed by atoms with Crippen molar-refractivity contribution in [2.24, 2.45) is 5.41 Å². The van der Waals surface area contributed by atoms with Crippen molar-refractivity contribution in [2.45, 2.75) is 70.6 Å². The number of ether oxygens (including phenoxy) is 1. The molecule has 2 unspecified atom stereocenters. The van der Waals surface area contributed by atoms with Crippen LogP contribution >= 0.6 is 0 Å². The van der Waals surface area contributed by atoms with Gasteiger partial charge < -0.3 is 20.5 Å². The lowest BCUT2D eigenvalue weighted by molar-refractivity contribution is 0.0457. The molecule has 1 aromatic rings. The molecule has 5 nitrogen and oxygen atoms in total. The number of carbonyl (C=O) groups is 1. The largest absolute Gasteiger partial charge is 0.396 e. The molecule has 0 heterocycles. The van der Waals surface area contributed by atoms with Crippen LogP contribution in [0.1, 0.15) is 57.4 Å². The molecule has 3 rings (SSSR count). The first-order valence-corrected chi connectivity index (χ1v) is 9.48. The first-order chi connectivity index (χ1) is 12.1. The summed E-state index contributed by atoms with van der Waals surface area (Å²) in [6.45, 7) is 2.77. The number of urea groups is 1. The number of rotatable bonds is 6. The van der Waals surface area contributed by atoms with E-state index in [0.717, 1.165) is 30.5 Å². The van der Waals surface area contributed by atoms with Gasteiger partial charge in [-0.2, -0.15) is 0 Å². The van der Waals surface area contributed by atoms with E-state index in [4.69, 9.17) is 4.74 Å². The summed E-state index contributed by atoms with van der Waals surface area (Å²) in [7, 11) is 0. The van der Waals surface area contributed by atoms with E-state index in [2.05, 4.69) is 10.6 Å². The zero-order valence-electron chi connectivity index (χ0n) is 15.1. The molecule has 2 amide bonds. The van der Waals surface area contributed by atoms with E-state index < -0.39 is 0 Å². The third kappa shape index (κ3) is 4.73. The van der Waals surface area contributed by atoms with Crippen LogP contribution in [0.25, 0.3) is 0 Å². The Hall–Kier alpha value is -1.59. The lowest BCUT2D eigenvalue weighted by atomic mass is 9.86. The molecule has 138 valence electrons. The van der Waals surface area contributed by atoms with Crippen LogP contribution in [0.2, 0.25) is 0 Å². The van der Waals surface area contributed by atoms with Crippen LogP contribution in [-0.4, -0.2) is 29.9 Å². The van der Waals surface area contributed by atoms with Gasteiger partial charge in [0.25, 0.3) is 0 Å². The Morgan fingerprint density at radius 2 is 1.92 bits per heavy atom. The lowest BCUT2D eigenvalue weighted by Crippen LogP contribution is -2.46. The van der Waals surface area contributed by atoms with Crippen molar-refractivity contribution in [3.8, 4) is 0 Å². The molecule has 2 fully saturated rings. The minimum absolute atomic E-state index is 0.0246. The number of carbonyl (C=O) groups excluding carboxylic acids is 1. The molecule has 0 saturated heterocycles. The fourth-order valence-electron chi connectivity index (χ4n) is 3.95. The zero-order chi connectivity index (χ0) is 17.7. The fraction of sp³-hybridized carbons (Fsp3) is 0.650. The highest BCUT2D eigenvalue weighted by molar-refractivity contribution is 5.89. The van der Waals surface area contributed by atoms with Crippen LogP contribution in [0.3, 0.4) is 0 Å². The molecule has 0 aliphatic heterocycles. The van der Waals surface area contributed by atoms with E-state index in [0.29, 0.717) is 12.7 Å². The molecule has 0 spiro atoms. The van der Waals surface area contributed by atoms with E-state index in [9.17, 15) is 9.90 Å². The molecule has 0 aromatic heterocycles. The predicted octanol–water partition coefficient (Wildman–Crippen LogP) is 3.82. The van der Waals surface area contributed by atoms with Crippen LogP contribution in [0.5, 0.6) is 0 Å². The van der Waals surface area contributed by atoms with Gasteiger partial charge in [0, 0.05) is 17.1 Å². The van der Waals surface area contributed by atoms with Crippen LogP contribution in [0.4, 0.5) is 10.5 Å². The highest BCUT2D eigenvalue weighted by atomic mass is 16.5. The van der Waals surface area contributed by atoms with E-state index in [1.54, 1.807) is 0 Å². The second-order valence-electron chi connectivity index (χ2n) is 7.77. The lowest BCUT2D eigenvalue weighted by Gasteiger charge is -2.30. The van der Waals surface area contributed by atoms with Crippen molar-refractivity contribution >= 4 is 11.7 Å². The Balaban J connectivity index is 1.46. The van der Waals surface area contributed by atoms with Crippen molar-refractivity contribution in [3.05, 3.63) is 29.8 Å². The Morgan fingerprint density at radius 3 is 2.60 bits per heavy atom. The normalized spacial score (nSPS) is 26.7. The summed E-state index contributed by atoms with van der Waals surface area (Å²) in [6, 6.07) is 7.63. The molecular weight excluding hydrogens is 316 g/mol. The van der Waals surface area contributed by atoms with Crippen molar-refractivity contribution in [2.75, 3.05) is 11.9 Å². The topological polar surface area (TPSA) is 70.6 Å². The van der Waals surface area contributed by atoms with Gasteiger partial charge in [-0.3, -0.25) is 0 Å². The Bertz CT molecular complexity index is 569. The fourth-order valence-corrected chi connectivity index (χ4v) is 3.95. The molecule has 25 heavy (non-hydrogen) atoms. The third-order valence-corrected chi connectivity index (χ3v) is 5.75. The summed E-state index contributed by atoms with van der Waals surface area (Å²) in [5.74, 6) is 0. The number of hydrogen-bond donors (Lipinski definition) is 3. The number of nitrogens with one attached hydrogen (secondary N) is 2. The number of amides is 2. The molecule has 2 atom stereocenters. The van der Waals surface area contributed by atoms with Gasteiger partial charge >= 0.3 is 6.03 Å². The van der Waals surface area contributed by atoms with Gasteiger partial charge in [-0.25, -0.2) is 4.79 Å². The standard InChI is InChI=1S/C20H30N2O3/c1-20(14-23)12-4-7-18(20)22-19(24)21-16-10-8-15(9-11-16)13-25-17-5-2-3-6-17/h8-11,17-18,23H,2-7,12-14H2,1H3,(H2,21,22,24). The maximum Gasteiger partial charge on any atom is 0.319 e. The minimum atomic E-state index is -0.210. The molecule has 2 aliphatic carbocycles. The Labute approximate surface area is 150 Å². The second kappa shape index (κ2) is 8.19. The molecule has 5 heteroatoms. The number of benzene rings is 1. The van der Waals surface area contributed by atoms with Gasteiger partial charge in [0.1, 0.15) is 0 Å². The molecule has 0 radical (unpaired) electrons. The van der Waals surface area contributed by atoms with Crippen molar-refractivity contribution in [3.63, 3.8) is 0 Å². The number of aliphatic hydroxyl groups is 1. The highest BCUT2D eigenvalue weighted by Gasteiger charge is 2.39. The molecule has 0 bridgehead atoms. The predicted molar refractivity (Wildman–Crippen MR) is 98.5 cm³/mol. The van der Waals surface area contributed by atoms with Gasteiger partial charge in [-0.15, -0.1) is 0 Å². The van der Waals surface area contributed by atoms with Gasteiger partial charge in [0.2, 0.25) is 0 Å². The maximum atomic E-state index is 12.2. The van der Waals surface area contributed by atoms with Gasteiger partial charge in [0.05, 0.1) is 19.3 Å². The summed E-state index contributed by atoms with van der Waals surface area (Å²) < 4.78 is 5.91. The van der Waals surface area contributed by atoms with E-state index in [1.165, 1.54) is 25.7 Å². The van der Waals surface area contributed by atoms with Crippen molar-refractivity contribution in [1.82, 2.24) is 5.32 Å². The molecule has 2 aliphatic rings. The smallest absolute Gasteiger partial charge is 0.319 e. The van der Waals surface area contributed by atoms with E-state index >= 15 is 0 Å². The van der Waals surface area contributed by atoms with Crippen LogP contribution in [0.15, 0.2) is 24.3 Å². The van der Waals surface area contributed by atoms with E-state index in [1.807, 2.05) is 31.2 Å². The quantitative estimate of drug-likeness (QED) is 0.733. The summed E-state index contributed by atoms with van der Waals surface area (Å²) >= 11 is 0. The molecule has 2 saturated carbocycles. The first kappa shape index (κ1) is 18.2. The van der Waals surface area contributed by atoms with Crippen LogP contribution < -0.4 is 10.6 Å². The van der Waals surface area contributed by atoms with Gasteiger partial charge in [0.15, 0.2) is 0 Å². The SMILES string of the molecule is CC1(CO)CCCC1NC(=O)Nc1ccc(COC2CCCC2)cc1. The first-order valence-electron chi connectivity index (χ1n) is 9.48. The summed E-state index contributed by atoms with van der Waals surface area (Å²) in [4.78, 5) is 12.2. The Kier molecular flexibility index (Phi) is 5.97. The average molecular weight is 346 g/mol. The molecule has 1 aromatic carbocycles. The average Bonchev–Trinajstić information content (AvgIpc) is 3.25. The summed E-state index contributed by atoms with van der Waals surface area (Å²) in [5.41, 5.74) is 1.69. The Morgan fingerprint density at radius 1 is 1.20 bits per heavy atom. The molecular formula is C20H30N2O3. The van der Waals surface area contributed by atoms with Gasteiger partial charge in [-0.1, -0.05) is 38.3 Å². The molecule has 3 N–H and O–H groups in total. The number of anilines is 1. The number of hydrogen-bond acceptors (Lipinski definition) is 3.